The molecule has 7 nitrogen and oxygen atoms in total. The number of nitrogens with two attached hydrogens (primary N) is 1. The topological polar surface area (TPSA) is 116 Å². The van der Waals surface area contributed by atoms with Crippen LogP contribution in [-0.4, -0.2) is 23.9 Å². The van der Waals surface area contributed by atoms with Crippen LogP contribution in [0.3, 0.4) is 0 Å². The fraction of sp³-hybridized carbons (Fsp3) is 0.0667. The number of hydrogen-bond acceptors (Lipinski definition) is 5. The van der Waals surface area contributed by atoms with E-state index in [1.54, 1.807) is 18.2 Å². The van der Waals surface area contributed by atoms with Gasteiger partial charge in [-0.25, -0.2) is 22.0 Å². The van der Waals surface area contributed by atoms with Gasteiger partial charge in [-0.05, 0) is 36.4 Å². The maximum atomic E-state index is 12.3. The Hall–Kier alpha value is -1.88. The minimum absolute atomic E-state index is 0.129. The molecule has 0 atom stereocenters. The molecule has 0 heterocycles. The van der Waals surface area contributed by atoms with Gasteiger partial charge >= 0.3 is 0 Å². The third kappa shape index (κ3) is 5.30. The van der Waals surface area contributed by atoms with E-state index >= 15 is 0 Å². The van der Waals surface area contributed by atoms with Gasteiger partial charge in [-0.3, -0.25) is 4.72 Å². The van der Waals surface area contributed by atoms with E-state index in [2.05, 4.69) is 20.7 Å². The lowest BCUT2D eigenvalue weighted by Gasteiger charge is -2.09. The second kappa shape index (κ2) is 7.56. The molecule has 0 aliphatic carbocycles. The van der Waals surface area contributed by atoms with Crippen LogP contribution >= 0.6 is 15.9 Å². The van der Waals surface area contributed by atoms with Crippen molar-refractivity contribution in [2.45, 2.75) is 4.90 Å². The quantitative estimate of drug-likeness (QED) is 0.706. The van der Waals surface area contributed by atoms with Crippen LogP contribution in [0.4, 0.5) is 5.69 Å². The molecular formula is C15H15BrN2O5S2. The van der Waals surface area contributed by atoms with Crippen LogP contribution in [0.15, 0.2) is 57.2 Å². The van der Waals surface area contributed by atoms with Gasteiger partial charge in [0.05, 0.1) is 18.2 Å². The van der Waals surface area contributed by atoms with Crippen LogP contribution in [-0.2, 0) is 20.0 Å². The largest absolute Gasteiger partial charge is 0.496 e. The Bertz CT molecular complexity index is 1020. The van der Waals surface area contributed by atoms with E-state index in [1.807, 2.05) is 0 Å². The van der Waals surface area contributed by atoms with Crippen molar-refractivity contribution in [1.82, 2.24) is 0 Å². The second-order valence-corrected chi connectivity index (χ2v) is 8.89. The van der Waals surface area contributed by atoms with Gasteiger partial charge in [0.15, 0.2) is 0 Å². The van der Waals surface area contributed by atoms with Gasteiger partial charge in [0.2, 0.25) is 10.0 Å². The predicted octanol–water partition coefficient (Wildman–Crippen LogP) is 2.52. The molecule has 0 aromatic heterocycles. The molecule has 10 heteroatoms. The summed E-state index contributed by atoms with van der Waals surface area (Å²) in [5.41, 5.74) is 0.401. The number of benzene rings is 2. The first-order valence-corrected chi connectivity index (χ1v) is 10.7. The van der Waals surface area contributed by atoms with E-state index in [0.717, 1.165) is 9.88 Å². The van der Waals surface area contributed by atoms with Crippen LogP contribution in [0.25, 0.3) is 6.08 Å². The van der Waals surface area contributed by atoms with Crippen molar-refractivity contribution in [2.75, 3.05) is 11.8 Å². The fourth-order valence-electron chi connectivity index (χ4n) is 1.98. The number of para-hydroxylation sites is 1. The number of nitrogens with one attached hydrogen (secondary N) is 1. The average molecular weight is 447 g/mol. The zero-order valence-electron chi connectivity index (χ0n) is 13.0. The third-order valence-corrected chi connectivity index (χ3v) is 5.53. The van der Waals surface area contributed by atoms with Gasteiger partial charge in [0, 0.05) is 10.0 Å². The molecule has 0 saturated carbocycles. The van der Waals surface area contributed by atoms with Gasteiger partial charge in [0.1, 0.15) is 10.6 Å². The second-order valence-electron chi connectivity index (χ2n) is 4.88. The molecule has 0 aliphatic rings. The van der Waals surface area contributed by atoms with E-state index in [0.29, 0.717) is 11.3 Å². The third-order valence-electron chi connectivity index (χ3n) is 3.06. The molecule has 134 valence electrons. The molecule has 2 aromatic rings. The number of ether oxygens (including phenoxy) is 1. The van der Waals surface area contributed by atoms with Gasteiger partial charge < -0.3 is 4.74 Å². The van der Waals surface area contributed by atoms with Gasteiger partial charge in [-0.1, -0.05) is 28.1 Å². The first kappa shape index (κ1) is 19.4. The smallest absolute Gasteiger partial charge is 0.255 e. The molecule has 0 saturated heterocycles. The molecular weight excluding hydrogens is 432 g/mol. The van der Waals surface area contributed by atoms with E-state index in [-0.39, 0.29) is 10.6 Å². The summed E-state index contributed by atoms with van der Waals surface area (Å²) in [6, 6.07) is 10.6. The van der Waals surface area contributed by atoms with E-state index in [9.17, 15) is 16.8 Å². The molecule has 0 unspecified atom stereocenters. The maximum absolute atomic E-state index is 12.3. The van der Waals surface area contributed by atoms with Gasteiger partial charge in [-0.2, -0.15) is 0 Å². The Kier molecular flexibility index (Phi) is 5.88. The van der Waals surface area contributed by atoms with E-state index in [4.69, 9.17) is 9.88 Å². The van der Waals surface area contributed by atoms with Crippen molar-refractivity contribution < 1.29 is 21.6 Å². The molecule has 25 heavy (non-hydrogen) atoms. The lowest BCUT2D eigenvalue weighted by Crippen LogP contribution is -2.17. The van der Waals surface area contributed by atoms with Crippen LogP contribution in [0.2, 0.25) is 0 Å². The standard InChI is InChI=1S/C15H15BrN2O5S2/c1-23-14-7-6-12(16)10-11(14)8-9-24(19,20)18-13-4-2-3-5-15(13)25(17,21)22/h2-10,18H,1H3,(H2,17,21,22)/b9-8+. The SMILES string of the molecule is COc1ccc(Br)cc1/C=C/S(=O)(=O)Nc1ccccc1S(N)(=O)=O. The van der Waals surface area contributed by atoms with Crippen LogP contribution < -0.4 is 14.6 Å². The van der Waals surface area contributed by atoms with Crippen LogP contribution in [0.5, 0.6) is 5.75 Å². The molecule has 2 aromatic carbocycles. The summed E-state index contributed by atoms with van der Waals surface area (Å²) in [5.74, 6) is 0.486. The van der Waals surface area contributed by atoms with Crippen LogP contribution in [0.1, 0.15) is 5.56 Å². The first-order valence-electron chi connectivity index (χ1n) is 6.79. The summed E-state index contributed by atoms with van der Waals surface area (Å²) in [6.45, 7) is 0. The van der Waals surface area contributed by atoms with Crippen molar-refractivity contribution >= 4 is 47.7 Å². The van der Waals surface area contributed by atoms with Crippen molar-refractivity contribution in [3.63, 3.8) is 0 Å². The fourth-order valence-corrected chi connectivity index (χ4v) is 4.00. The zero-order valence-corrected chi connectivity index (χ0v) is 16.2. The van der Waals surface area contributed by atoms with E-state index in [1.165, 1.54) is 37.5 Å². The molecule has 0 fully saturated rings. The van der Waals surface area contributed by atoms with Crippen molar-refractivity contribution in [2.24, 2.45) is 5.14 Å². The average Bonchev–Trinajstić information content (AvgIpc) is 2.52. The number of anilines is 1. The Morgan fingerprint density at radius 3 is 2.44 bits per heavy atom. The van der Waals surface area contributed by atoms with Crippen molar-refractivity contribution in [3.05, 3.63) is 57.9 Å². The zero-order chi connectivity index (χ0) is 18.7. The summed E-state index contributed by atoms with van der Waals surface area (Å²) in [7, 11) is -6.57. The summed E-state index contributed by atoms with van der Waals surface area (Å²) in [4.78, 5) is -0.313. The predicted molar refractivity (Wildman–Crippen MR) is 100 cm³/mol. The van der Waals surface area contributed by atoms with Gasteiger partial charge in [0.25, 0.3) is 10.0 Å². The van der Waals surface area contributed by atoms with Crippen LogP contribution in [0, 0.1) is 0 Å². The normalized spacial score (nSPS) is 12.3. The molecule has 0 amide bonds. The molecule has 2 rings (SSSR count). The summed E-state index contributed by atoms with van der Waals surface area (Å²) >= 11 is 3.30. The Morgan fingerprint density at radius 1 is 1.12 bits per heavy atom. The molecule has 0 spiro atoms. The highest BCUT2D eigenvalue weighted by molar-refractivity contribution is 9.10. The highest BCUT2D eigenvalue weighted by Crippen LogP contribution is 2.25. The summed E-state index contributed by atoms with van der Waals surface area (Å²) < 4.78 is 55.7. The Balaban J connectivity index is 2.35. The number of halogens is 1. The molecule has 0 radical (unpaired) electrons. The monoisotopic (exact) mass is 446 g/mol. The van der Waals surface area contributed by atoms with Gasteiger partial charge in [-0.15, -0.1) is 0 Å². The Morgan fingerprint density at radius 2 is 1.80 bits per heavy atom. The Labute approximate surface area is 154 Å². The number of primary sulfonamides is 1. The van der Waals surface area contributed by atoms with Crippen molar-refractivity contribution in [1.29, 1.82) is 0 Å². The summed E-state index contributed by atoms with van der Waals surface area (Å²) in [5, 5.41) is 6.01. The van der Waals surface area contributed by atoms with E-state index < -0.39 is 20.0 Å². The number of rotatable bonds is 6. The van der Waals surface area contributed by atoms with Crippen molar-refractivity contribution in [3.8, 4) is 5.75 Å². The highest BCUT2D eigenvalue weighted by Gasteiger charge is 2.16. The maximum Gasteiger partial charge on any atom is 0.255 e. The minimum Gasteiger partial charge on any atom is -0.496 e. The summed E-state index contributed by atoms with van der Waals surface area (Å²) in [6.07, 6.45) is 1.34. The number of methoxy groups -OCH3 is 1. The molecule has 3 N–H and O–H groups in total. The lowest BCUT2D eigenvalue weighted by atomic mass is 10.2. The highest BCUT2D eigenvalue weighted by atomic mass is 79.9. The number of hydrogen-bond donors (Lipinski definition) is 2. The first-order chi connectivity index (χ1) is 11.6. The minimum atomic E-state index is -4.07. The molecule has 0 aliphatic heterocycles. The molecule has 0 bridgehead atoms. The lowest BCUT2D eigenvalue weighted by molar-refractivity contribution is 0.414. The number of sulfonamides is 2.